The van der Waals surface area contributed by atoms with Crippen molar-refractivity contribution in [3.8, 4) is 5.75 Å². The van der Waals surface area contributed by atoms with Crippen LogP contribution in [0.1, 0.15) is 18.5 Å². The number of rotatable bonds is 3. The van der Waals surface area contributed by atoms with Gasteiger partial charge in [0.2, 0.25) is 5.75 Å². The smallest absolute Gasteiger partial charge is 0.457 e. The summed E-state index contributed by atoms with van der Waals surface area (Å²) in [4.78, 5) is 12.6. The molecule has 0 spiro atoms. The van der Waals surface area contributed by atoms with Gasteiger partial charge in [-0.2, -0.15) is 13.2 Å². The summed E-state index contributed by atoms with van der Waals surface area (Å²) in [6.07, 6.45) is -3.36. The third-order valence-electron chi connectivity index (χ3n) is 2.12. The summed E-state index contributed by atoms with van der Waals surface area (Å²) in [5.41, 5.74) is -1.30. The Bertz CT molecular complexity index is 457. The minimum Gasteiger partial charge on any atom is -0.482 e. The molecule has 92 valence electrons. The highest BCUT2D eigenvalue weighted by atomic mass is 19.4. The van der Waals surface area contributed by atoms with E-state index >= 15 is 0 Å². The van der Waals surface area contributed by atoms with Gasteiger partial charge in [-0.25, -0.2) is 0 Å². The van der Waals surface area contributed by atoms with Crippen LogP contribution in [0.5, 0.6) is 5.75 Å². The maximum Gasteiger partial charge on any atom is 0.457 e. The number of hydrogen-bond acceptors (Lipinski definition) is 4. The summed E-state index contributed by atoms with van der Waals surface area (Å²) in [5, 5.41) is 10.6. The van der Waals surface area contributed by atoms with Gasteiger partial charge in [0.1, 0.15) is 0 Å². The quantitative estimate of drug-likeness (QED) is 0.609. The van der Waals surface area contributed by atoms with Crippen molar-refractivity contribution in [1.82, 2.24) is 4.98 Å². The second kappa shape index (κ2) is 3.86. The molecule has 2 rings (SSSR count). The predicted molar refractivity (Wildman–Crippen MR) is 49.5 cm³/mol. The molecule has 0 aromatic carbocycles. The van der Waals surface area contributed by atoms with Gasteiger partial charge in [0.25, 0.3) is 5.69 Å². The Morgan fingerprint density at radius 3 is 2.53 bits per heavy atom. The van der Waals surface area contributed by atoms with E-state index in [1.54, 1.807) is 0 Å². The number of pyridine rings is 1. The van der Waals surface area contributed by atoms with E-state index < -0.39 is 22.6 Å². The summed E-state index contributed by atoms with van der Waals surface area (Å²) in [5.74, 6) is -1.11. The van der Waals surface area contributed by atoms with Crippen LogP contribution in [0.15, 0.2) is 12.1 Å². The molecule has 1 aliphatic carbocycles. The minimum atomic E-state index is -4.71. The molecule has 0 atom stereocenters. The Hall–Kier alpha value is -1.86. The zero-order valence-electron chi connectivity index (χ0n) is 8.40. The maximum atomic E-state index is 12.3. The average Bonchev–Trinajstić information content (AvgIpc) is 3.00. The molecule has 0 amide bonds. The van der Waals surface area contributed by atoms with Gasteiger partial charge in [0.15, 0.2) is 0 Å². The Morgan fingerprint density at radius 1 is 1.41 bits per heavy atom. The molecular formula is C9H7F3N2O3. The van der Waals surface area contributed by atoms with Gasteiger partial charge >= 0.3 is 12.0 Å². The topological polar surface area (TPSA) is 65.3 Å². The number of nitrogens with zero attached hydrogens (tertiary/aromatic N) is 2. The first kappa shape index (κ1) is 11.6. The van der Waals surface area contributed by atoms with Gasteiger partial charge in [-0.3, -0.25) is 0 Å². The first-order valence-corrected chi connectivity index (χ1v) is 4.77. The van der Waals surface area contributed by atoms with E-state index in [1.807, 2.05) is 0 Å². The second-order valence-electron chi connectivity index (χ2n) is 3.59. The SMILES string of the molecule is O=[N+]([O-])c1nc(C(F)(F)F)ccc1OC1CC1. The van der Waals surface area contributed by atoms with Crippen molar-refractivity contribution in [3.63, 3.8) is 0 Å². The Morgan fingerprint density at radius 2 is 2.06 bits per heavy atom. The number of alkyl halides is 3. The minimum absolute atomic E-state index is 0.146. The van der Waals surface area contributed by atoms with Crippen molar-refractivity contribution >= 4 is 5.82 Å². The van der Waals surface area contributed by atoms with Crippen molar-refractivity contribution < 1.29 is 22.8 Å². The normalized spacial score (nSPS) is 15.7. The van der Waals surface area contributed by atoms with Crippen LogP contribution in [0.3, 0.4) is 0 Å². The highest BCUT2D eigenvalue weighted by molar-refractivity contribution is 5.41. The van der Waals surface area contributed by atoms with E-state index in [4.69, 9.17) is 4.74 Å². The highest BCUT2D eigenvalue weighted by Crippen LogP contribution is 2.35. The fourth-order valence-electron chi connectivity index (χ4n) is 1.18. The van der Waals surface area contributed by atoms with Crippen molar-refractivity contribution in [3.05, 3.63) is 27.9 Å². The number of hydrogen-bond donors (Lipinski definition) is 0. The van der Waals surface area contributed by atoms with Gasteiger partial charge in [-0.05, 0) is 34.9 Å². The molecule has 8 heteroatoms. The number of halogens is 3. The van der Waals surface area contributed by atoms with Crippen LogP contribution >= 0.6 is 0 Å². The van der Waals surface area contributed by atoms with Crippen molar-refractivity contribution in [1.29, 1.82) is 0 Å². The van der Waals surface area contributed by atoms with E-state index in [-0.39, 0.29) is 11.9 Å². The van der Waals surface area contributed by atoms with Gasteiger partial charge < -0.3 is 14.9 Å². The maximum absolute atomic E-state index is 12.3. The Labute approximate surface area is 93.4 Å². The lowest BCUT2D eigenvalue weighted by molar-refractivity contribution is -0.391. The highest BCUT2D eigenvalue weighted by Gasteiger charge is 2.39. The number of ether oxygens (including phenoxy) is 1. The molecule has 0 saturated heterocycles. The molecule has 0 aliphatic heterocycles. The first-order chi connectivity index (χ1) is 7.88. The van der Waals surface area contributed by atoms with Crippen LogP contribution in [0, 0.1) is 10.1 Å². The van der Waals surface area contributed by atoms with Gasteiger partial charge in [-0.1, -0.05) is 0 Å². The molecule has 0 radical (unpaired) electrons. The molecule has 17 heavy (non-hydrogen) atoms. The lowest BCUT2D eigenvalue weighted by Gasteiger charge is -2.06. The molecule has 1 aliphatic rings. The fraction of sp³-hybridized carbons (Fsp3) is 0.444. The molecule has 1 saturated carbocycles. The molecule has 1 aromatic rings. The second-order valence-corrected chi connectivity index (χ2v) is 3.59. The molecule has 0 N–H and O–H groups in total. The van der Waals surface area contributed by atoms with Gasteiger partial charge in [-0.15, -0.1) is 0 Å². The number of aromatic nitrogens is 1. The largest absolute Gasteiger partial charge is 0.482 e. The molecule has 1 heterocycles. The summed E-state index contributed by atoms with van der Waals surface area (Å²) in [7, 11) is 0. The molecule has 1 aromatic heterocycles. The van der Waals surface area contributed by atoms with Crippen LogP contribution in [0.25, 0.3) is 0 Å². The lowest BCUT2D eigenvalue weighted by atomic mass is 10.3. The van der Waals surface area contributed by atoms with E-state index in [0.717, 1.165) is 18.9 Å². The molecule has 0 unspecified atom stereocenters. The summed E-state index contributed by atoms with van der Waals surface area (Å²) in [6, 6.07) is 1.61. The van der Waals surface area contributed by atoms with Crippen LogP contribution in [-0.4, -0.2) is 16.0 Å². The van der Waals surface area contributed by atoms with E-state index in [1.165, 1.54) is 0 Å². The van der Waals surface area contributed by atoms with Gasteiger partial charge in [0, 0.05) is 0 Å². The Balaban J connectivity index is 2.36. The average molecular weight is 248 g/mol. The number of nitro groups is 1. The third kappa shape index (κ3) is 2.63. The lowest BCUT2D eigenvalue weighted by Crippen LogP contribution is -2.10. The predicted octanol–water partition coefficient (Wildman–Crippen LogP) is 2.55. The summed E-state index contributed by atoms with van der Waals surface area (Å²) < 4.78 is 42.0. The fourth-order valence-corrected chi connectivity index (χ4v) is 1.18. The van der Waals surface area contributed by atoms with Crippen LogP contribution in [0.2, 0.25) is 0 Å². The van der Waals surface area contributed by atoms with Crippen LogP contribution < -0.4 is 4.74 Å². The van der Waals surface area contributed by atoms with Gasteiger partial charge in [0.05, 0.1) is 6.10 Å². The van der Waals surface area contributed by atoms with E-state index in [9.17, 15) is 23.3 Å². The molecular weight excluding hydrogens is 241 g/mol. The van der Waals surface area contributed by atoms with E-state index in [0.29, 0.717) is 6.07 Å². The molecule has 0 bridgehead atoms. The van der Waals surface area contributed by atoms with Crippen molar-refractivity contribution in [2.24, 2.45) is 0 Å². The molecule has 1 fully saturated rings. The Kier molecular flexibility index (Phi) is 2.64. The monoisotopic (exact) mass is 248 g/mol. The zero-order valence-corrected chi connectivity index (χ0v) is 8.40. The molecule has 5 nitrogen and oxygen atoms in total. The summed E-state index contributed by atoms with van der Waals surface area (Å²) >= 11 is 0. The van der Waals surface area contributed by atoms with Crippen LogP contribution in [0.4, 0.5) is 19.0 Å². The van der Waals surface area contributed by atoms with E-state index in [2.05, 4.69) is 4.98 Å². The van der Waals surface area contributed by atoms with Crippen molar-refractivity contribution in [2.75, 3.05) is 0 Å². The summed E-state index contributed by atoms with van der Waals surface area (Å²) in [6.45, 7) is 0. The standard InChI is InChI=1S/C9H7F3N2O3/c10-9(11,12)7-4-3-6(17-5-1-2-5)8(13-7)14(15)16/h3-5H,1-2H2. The third-order valence-corrected chi connectivity index (χ3v) is 2.12. The van der Waals surface area contributed by atoms with Crippen molar-refractivity contribution in [2.45, 2.75) is 25.1 Å². The first-order valence-electron chi connectivity index (χ1n) is 4.77. The zero-order chi connectivity index (χ0) is 12.6. The van der Waals surface area contributed by atoms with Crippen LogP contribution in [-0.2, 0) is 6.18 Å².